The smallest absolute Gasteiger partial charge is 0.253 e. The van der Waals surface area contributed by atoms with Gasteiger partial charge < -0.3 is 14.8 Å². The first-order valence-corrected chi connectivity index (χ1v) is 8.03. The first-order chi connectivity index (χ1) is 9.81. The van der Waals surface area contributed by atoms with Gasteiger partial charge in [0, 0.05) is 11.8 Å². The number of ether oxygens (including phenoxy) is 2. The third kappa shape index (κ3) is 3.72. The Morgan fingerprint density at radius 3 is 2.67 bits per heavy atom. The van der Waals surface area contributed by atoms with Crippen LogP contribution in [-0.2, 0) is 19.6 Å². The lowest BCUT2D eigenvalue weighted by molar-refractivity contribution is -0.126. The Morgan fingerprint density at radius 2 is 2.14 bits per heavy atom. The van der Waals surface area contributed by atoms with Crippen LogP contribution >= 0.6 is 0 Å². The summed E-state index contributed by atoms with van der Waals surface area (Å²) in [7, 11) is -2.55. The molecule has 1 aromatic carbocycles. The maximum absolute atomic E-state index is 12.0. The Kier molecular flexibility index (Phi) is 4.50. The van der Waals surface area contributed by atoms with Crippen LogP contribution in [0.2, 0.25) is 0 Å². The van der Waals surface area contributed by atoms with Crippen molar-refractivity contribution < 1.29 is 22.7 Å². The number of hydrogen-bond acceptors (Lipinski definition) is 5. The van der Waals surface area contributed by atoms with Crippen molar-refractivity contribution in [2.24, 2.45) is 5.14 Å². The van der Waals surface area contributed by atoms with Gasteiger partial charge in [0.15, 0.2) is 0 Å². The molecule has 1 heterocycles. The minimum Gasteiger partial charge on any atom is -0.495 e. The lowest BCUT2D eigenvalue weighted by Gasteiger charge is -2.13. The van der Waals surface area contributed by atoms with Crippen molar-refractivity contribution >= 4 is 21.6 Å². The molecule has 1 fully saturated rings. The van der Waals surface area contributed by atoms with E-state index in [1.165, 1.54) is 25.3 Å². The molecule has 0 aromatic heterocycles. The van der Waals surface area contributed by atoms with Crippen molar-refractivity contribution in [2.75, 3.05) is 12.4 Å². The fourth-order valence-corrected chi connectivity index (χ4v) is 2.88. The largest absolute Gasteiger partial charge is 0.495 e. The van der Waals surface area contributed by atoms with Gasteiger partial charge in [0.05, 0.1) is 13.2 Å². The zero-order valence-corrected chi connectivity index (χ0v) is 12.6. The normalized spacial score (nSPS) is 22.0. The molecular formula is C13H18N2O5S. The van der Waals surface area contributed by atoms with Crippen molar-refractivity contribution in [1.29, 1.82) is 0 Å². The molecule has 1 amide bonds. The molecule has 1 saturated heterocycles. The lowest BCUT2D eigenvalue weighted by Crippen LogP contribution is -2.27. The number of sulfonamides is 1. The molecule has 0 spiro atoms. The average Bonchev–Trinajstić information content (AvgIpc) is 2.84. The van der Waals surface area contributed by atoms with E-state index in [2.05, 4.69) is 5.32 Å². The third-order valence-corrected chi connectivity index (χ3v) is 4.21. The molecule has 21 heavy (non-hydrogen) atoms. The van der Waals surface area contributed by atoms with Gasteiger partial charge in [-0.2, -0.15) is 0 Å². The van der Waals surface area contributed by atoms with Crippen LogP contribution in [0.25, 0.3) is 0 Å². The van der Waals surface area contributed by atoms with E-state index in [1.54, 1.807) is 0 Å². The molecule has 0 saturated carbocycles. The first kappa shape index (κ1) is 15.7. The molecule has 3 N–H and O–H groups in total. The molecule has 0 radical (unpaired) electrons. The summed E-state index contributed by atoms with van der Waals surface area (Å²) in [5.41, 5.74) is 0.424. The van der Waals surface area contributed by atoms with Crippen LogP contribution in [0.1, 0.15) is 19.8 Å². The topological polar surface area (TPSA) is 108 Å². The van der Waals surface area contributed by atoms with Gasteiger partial charge in [0.2, 0.25) is 10.0 Å². The fourth-order valence-electron chi connectivity index (χ4n) is 2.20. The molecule has 2 atom stereocenters. The summed E-state index contributed by atoms with van der Waals surface area (Å²) in [5.74, 6) is -0.180. The monoisotopic (exact) mass is 314 g/mol. The summed E-state index contributed by atoms with van der Waals surface area (Å²) in [4.78, 5) is 11.9. The number of carbonyl (C=O) groups excluding carboxylic acids is 1. The second kappa shape index (κ2) is 6.00. The van der Waals surface area contributed by atoms with E-state index < -0.39 is 16.1 Å². The molecule has 0 bridgehead atoms. The second-order valence-corrected chi connectivity index (χ2v) is 6.44. The third-order valence-electron chi connectivity index (χ3n) is 3.26. The fraction of sp³-hybridized carbons (Fsp3) is 0.462. The number of nitrogens with one attached hydrogen (secondary N) is 1. The van der Waals surface area contributed by atoms with Gasteiger partial charge in [-0.15, -0.1) is 0 Å². The molecule has 1 aliphatic rings. The van der Waals surface area contributed by atoms with Crippen LogP contribution in [-0.4, -0.2) is 33.6 Å². The predicted octanol–water partition coefficient (Wildman–Crippen LogP) is 0.849. The van der Waals surface area contributed by atoms with Crippen molar-refractivity contribution in [3.05, 3.63) is 18.2 Å². The standard InChI is InChI=1S/C13H18N2O5S/c1-8-3-5-10(20-8)13(16)15-9-4-6-12(21(14,17)18)11(7-9)19-2/h4,6-8,10H,3,5H2,1-2H3,(H,15,16)(H2,14,17,18). The number of carbonyl (C=O) groups is 1. The maximum Gasteiger partial charge on any atom is 0.253 e. The Morgan fingerprint density at radius 1 is 1.43 bits per heavy atom. The molecule has 2 unspecified atom stereocenters. The minimum absolute atomic E-state index is 0.0695. The number of nitrogens with two attached hydrogens (primary N) is 1. The summed E-state index contributed by atoms with van der Waals surface area (Å²) in [6.45, 7) is 1.91. The van der Waals surface area contributed by atoms with Crippen LogP contribution in [0.4, 0.5) is 5.69 Å². The summed E-state index contributed by atoms with van der Waals surface area (Å²) in [6.07, 6.45) is 1.09. The van der Waals surface area contributed by atoms with Crippen LogP contribution in [0.5, 0.6) is 5.75 Å². The maximum atomic E-state index is 12.0. The van der Waals surface area contributed by atoms with Gasteiger partial charge in [-0.3, -0.25) is 4.79 Å². The molecule has 116 valence electrons. The minimum atomic E-state index is -3.88. The SMILES string of the molecule is COc1cc(NC(=O)C2CCC(C)O2)ccc1S(N)(=O)=O. The van der Waals surface area contributed by atoms with E-state index >= 15 is 0 Å². The molecule has 1 aliphatic heterocycles. The summed E-state index contributed by atoms with van der Waals surface area (Å²) >= 11 is 0. The molecule has 2 rings (SSSR count). The number of methoxy groups -OCH3 is 1. The summed E-state index contributed by atoms with van der Waals surface area (Å²) in [5, 5.41) is 7.76. The molecule has 7 nitrogen and oxygen atoms in total. The molecule has 1 aromatic rings. The second-order valence-electron chi connectivity index (χ2n) is 4.91. The average molecular weight is 314 g/mol. The highest BCUT2D eigenvalue weighted by Crippen LogP contribution is 2.27. The van der Waals surface area contributed by atoms with Crippen LogP contribution in [0.15, 0.2) is 23.1 Å². The van der Waals surface area contributed by atoms with Crippen molar-refractivity contribution in [3.63, 3.8) is 0 Å². The predicted molar refractivity (Wildman–Crippen MR) is 76.6 cm³/mol. The van der Waals surface area contributed by atoms with Gasteiger partial charge in [-0.25, -0.2) is 13.6 Å². The Bertz CT molecular complexity index is 644. The van der Waals surface area contributed by atoms with E-state index in [1.807, 2.05) is 6.92 Å². The van der Waals surface area contributed by atoms with Crippen LogP contribution in [0.3, 0.4) is 0 Å². The van der Waals surface area contributed by atoms with E-state index in [0.29, 0.717) is 12.1 Å². The van der Waals surface area contributed by atoms with Crippen molar-refractivity contribution in [3.8, 4) is 5.75 Å². The number of primary sulfonamides is 1. The van der Waals surface area contributed by atoms with Gasteiger partial charge in [-0.05, 0) is 31.9 Å². The number of rotatable bonds is 4. The van der Waals surface area contributed by atoms with E-state index in [4.69, 9.17) is 14.6 Å². The Labute approximate surface area is 123 Å². The Balaban J connectivity index is 2.16. The summed E-state index contributed by atoms with van der Waals surface area (Å²) in [6, 6.07) is 4.16. The zero-order valence-electron chi connectivity index (χ0n) is 11.8. The van der Waals surface area contributed by atoms with Gasteiger partial charge >= 0.3 is 0 Å². The van der Waals surface area contributed by atoms with E-state index in [0.717, 1.165) is 6.42 Å². The lowest BCUT2D eigenvalue weighted by atomic mass is 10.2. The van der Waals surface area contributed by atoms with Crippen LogP contribution < -0.4 is 15.2 Å². The number of hydrogen-bond donors (Lipinski definition) is 2. The van der Waals surface area contributed by atoms with E-state index in [-0.39, 0.29) is 22.7 Å². The van der Waals surface area contributed by atoms with Gasteiger partial charge in [0.1, 0.15) is 16.7 Å². The highest BCUT2D eigenvalue weighted by atomic mass is 32.2. The molecule has 8 heteroatoms. The molecule has 0 aliphatic carbocycles. The Hall–Kier alpha value is -1.64. The number of anilines is 1. The quantitative estimate of drug-likeness (QED) is 0.856. The summed E-state index contributed by atoms with van der Waals surface area (Å²) < 4.78 is 33.2. The molecular weight excluding hydrogens is 296 g/mol. The number of amides is 1. The number of benzene rings is 1. The van der Waals surface area contributed by atoms with E-state index in [9.17, 15) is 13.2 Å². The van der Waals surface area contributed by atoms with Crippen molar-refractivity contribution in [1.82, 2.24) is 0 Å². The van der Waals surface area contributed by atoms with Gasteiger partial charge in [-0.1, -0.05) is 0 Å². The highest BCUT2D eigenvalue weighted by molar-refractivity contribution is 7.89. The highest BCUT2D eigenvalue weighted by Gasteiger charge is 2.28. The zero-order chi connectivity index (χ0) is 15.6. The van der Waals surface area contributed by atoms with Crippen molar-refractivity contribution in [2.45, 2.75) is 36.9 Å². The van der Waals surface area contributed by atoms with Crippen LogP contribution in [0, 0.1) is 0 Å². The van der Waals surface area contributed by atoms with Gasteiger partial charge in [0.25, 0.3) is 5.91 Å². The first-order valence-electron chi connectivity index (χ1n) is 6.48.